The summed E-state index contributed by atoms with van der Waals surface area (Å²) in [5.41, 5.74) is 1.58. The van der Waals surface area contributed by atoms with Gasteiger partial charge in [-0.25, -0.2) is 13.4 Å². The van der Waals surface area contributed by atoms with Crippen molar-refractivity contribution in [3.8, 4) is 0 Å². The molecule has 1 aliphatic carbocycles. The van der Waals surface area contributed by atoms with Crippen LogP contribution in [0.4, 0.5) is 0 Å². The van der Waals surface area contributed by atoms with Crippen molar-refractivity contribution in [2.75, 3.05) is 32.7 Å². The maximum atomic E-state index is 12.8. The van der Waals surface area contributed by atoms with Crippen LogP contribution in [0.15, 0.2) is 34.2 Å². The number of hydrogen-bond donors (Lipinski definition) is 1. The summed E-state index contributed by atoms with van der Waals surface area (Å²) in [5, 5.41) is 3.43. The molecule has 0 unspecified atom stereocenters. The number of rotatable bonds is 5. The molecule has 160 valence electrons. The van der Waals surface area contributed by atoms with Gasteiger partial charge >= 0.3 is 0 Å². The van der Waals surface area contributed by atoms with E-state index in [2.05, 4.69) is 17.1 Å². The van der Waals surface area contributed by atoms with E-state index >= 15 is 0 Å². The first-order valence-corrected chi connectivity index (χ1v) is 12.6. The van der Waals surface area contributed by atoms with Crippen molar-refractivity contribution in [1.29, 1.82) is 0 Å². The zero-order valence-corrected chi connectivity index (χ0v) is 18.4. The van der Waals surface area contributed by atoms with Gasteiger partial charge in [-0.05, 0) is 62.1 Å². The molecule has 1 N–H and O–H groups in total. The van der Waals surface area contributed by atoms with Gasteiger partial charge < -0.3 is 10.2 Å². The maximum absolute atomic E-state index is 12.8. The normalized spacial score (nSPS) is 22.7. The van der Waals surface area contributed by atoms with Crippen molar-refractivity contribution in [2.24, 2.45) is 10.4 Å². The molecule has 6 nitrogen and oxygen atoms in total. The average Bonchev–Trinajstić information content (AvgIpc) is 3.18. The molecule has 1 aromatic rings. The highest BCUT2D eigenvalue weighted by molar-refractivity contribution is 7.89. The van der Waals surface area contributed by atoms with E-state index in [4.69, 9.17) is 4.99 Å². The Morgan fingerprint density at radius 1 is 1.03 bits per heavy atom. The Hall–Kier alpha value is -1.60. The van der Waals surface area contributed by atoms with Crippen LogP contribution in [0, 0.1) is 5.41 Å². The van der Waals surface area contributed by atoms with Gasteiger partial charge in [0.15, 0.2) is 5.96 Å². The topological polar surface area (TPSA) is 65.0 Å². The van der Waals surface area contributed by atoms with Gasteiger partial charge in [0, 0.05) is 32.7 Å². The first kappa shape index (κ1) is 20.7. The number of hydrogen-bond acceptors (Lipinski definition) is 3. The Kier molecular flexibility index (Phi) is 6.16. The smallest absolute Gasteiger partial charge is 0.243 e. The Labute approximate surface area is 175 Å². The summed E-state index contributed by atoms with van der Waals surface area (Å²) in [6, 6.07) is 7.28. The molecule has 3 fully saturated rings. The van der Waals surface area contributed by atoms with Gasteiger partial charge in [-0.1, -0.05) is 25.0 Å². The monoisotopic (exact) mass is 418 g/mol. The molecule has 3 aliphatic rings. The lowest BCUT2D eigenvalue weighted by Gasteiger charge is -2.38. The van der Waals surface area contributed by atoms with E-state index in [0.717, 1.165) is 50.4 Å². The molecule has 2 heterocycles. The number of guanidine groups is 1. The first-order valence-electron chi connectivity index (χ1n) is 11.1. The van der Waals surface area contributed by atoms with Crippen LogP contribution in [-0.2, 0) is 16.6 Å². The highest BCUT2D eigenvalue weighted by Gasteiger charge is 2.43. The van der Waals surface area contributed by atoms with Crippen LogP contribution in [-0.4, -0.2) is 56.3 Å². The maximum Gasteiger partial charge on any atom is 0.243 e. The van der Waals surface area contributed by atoms with Gasteiger partial charge in [-0.2, -0.15) is 4.31 Å². The standard InChI is InChI=1S/C22H34N4O2S/c1-2-23-21(25-16-13-22(18-25)11-6-12-22)24-17-19-7-9-20(10-8-19)29(27,28)26-14-4-3-5-15-26/h7-10H,2-6,11-18H2,1H3,(H,23,24). The Morgan fingerprint density at radius 3 is 2.34 bits per heavy atom. The van der Waals surface area contributed by atoms with E-state index in [1.165, 1.54) is 25.7 Å². The lowest BCUT2D eigenvalue weighted by atomic mass is 9.68. The van der Waals surface area contributed by atoms with Crippen molar-refractivity contribution in [3.63, 3.8) is 0 Å². The molecule has 1 saturated carbocycles. The number of nitrogens with zero attached hydrogens (tertiary/aromatic N) is 3. The first-order chi connectivity index (χ1) is 14.0. The summed E-state index contributed by atoms with van der Waals surface area (Å²) >= 11 is 0. The van der Waals surface area contributed by atoms with Crippen LogP contribution in [0.1, 0.15) is 57.4 Å². The van der Waals surface area contributed by atoms with Gasteiger partial charge in [0.05, 0.1) is 11.4 Å². The highest BCUT2D eigenvalue weighted by Crippen LogP contribution is 2.47. The fraction of sp³-hybridized carbons (Fsp3) is 0.682. The molecule has 29 heavy (non-hydrogen) atoms. The molecule has 0 bridgehead atoms. The Morgan fingerprint density at radius 2 is 1.76 bits per heavy atom. The quantitative estimate of drug-likeness (QED) is 0.589. The fourth-order valence-corrected chi connectivity index (χ4v) is 6.33. The molecule has 4 rings (SSSR count). The molecule has 1 spiro atoms. The van der Waals surface area contributed by atoms with E-state index in [0.29, 0.717) is 29.9 Å². The van der Waals surface area contributed by atoms with E-state index < -0.39 is 10.0 Å². The van der Waals surface area contributed by atoms with Crippen molar-refractivity contribution in [2.45, 2.75) is 63.3 Å². The summed E-state index contributed by atoms with van der Waals surface area (Å²) in [6.45, 7) is 7.00. The SMILES string of the molecule is CCNC(=NCc1ccc(S(=O)(=O)N2CCCCC2)cc1)N1CCC2(CCC2)C1. The summed E-state index contributed by atoms with van der Waals surface area (Å²) in [6.07, 6.45) is 8.39. The Bertz CT molecular complexity index is 825. The van der Waals surface area contributed by atoms with Crippen LogP contribution >= 0.6 is 0 Å². The molecule has 0 atom stereocenters. The number of piperidine rings is 1. The summed E-state index contributed by atoms with van der Waals surface area (Å²) < 4.78 is 27.2. The molecule has 7 heteroatoms. The van der Waals surface area contributed by atoms with Crippen LogP contribution in [0.2, 0.25) is 0 Å². The molecule has 1 aromatic carbocycles. The van der Waals surface area contributed by atoms with Gasteiger partial charge in [-0.3, -0.25) is 0 Å². The van der Waals surface area contributed by atoms with Crippen molar-refractivity contribution < 1.29 is 8.42 Å². The molecule has 0 amide bonds. The third-order valence-electron chi connectivity index (χ3n) is 6.77. The van der Waals surface area contributed by atoms with Gasteiger partial charge in [0.25, 0.3) is 0 Å². The van der Waals surface area contributed by atoms with Gasteiger partial charge in [0.1, 0.15) is 0 Å². The molecule has 2 saturated heterocycles. The highest BCUT2D eigenvalue weighted by atomic mass is 32.2. The minimum Gasteiger partial charge on any atom is -0.357 e. The molecule has 0 aromatic heterocycles. The predicted octanol–water partition coefficient (Wildman–Crippen LogP) is 3.20. The zero-order valence-electron chi connectivity index (χ0n) is 17.6. The molecule has 0 radical (unpaired) electrons. The summed E-state index contributed by atoms with van der Waals surface area (Å²) in [5.74, 6) is 0.987. The fourth-order valence-electron chi connectivity index (χ4n) is 4.81. The van der Waals surface area contributed by atoms with Crippen LogP contribution in [0.5, 0.6) is 0 Å². The van der Waals surface area contributed by atoms with E-state index in [9.17, 15) is 8.42 Å². The van der Waals surface area contributed by atoms with Crippen LogP contribution in [0.25, 0.3) is 0 Å². The van der Waals surface area contributed by atoms with E-state index in [-0.39, 0.29) is 0 Å². The number of sulfonamides is 1. The molecular formula is C22H34N4O2S. The van der Waals surface area contributed by atoms with E-state index in [1.807, 2.05) is 12.1 Å². The van der Waals surface area contributed by atoms with Crippen LogP contribution < -0.4 is 5.32 Å². The largest absolute Gasteiger partial charge is 0.357 e. The lowest BCUT2D eigenvalue weighted by molar-refractivity contribution is 0.151. The van der Waals surface area contributed by atoms with Crippen molar-refractivity contribution in [1.82, 2.24) is 14.5 Å². The third kappa shape index (κ3) is 4.45. The second-order valence-corrected chi connectivity index (χ2v) is 10.7. The molecular weight excluding hydrogens is 384 g/mol. The van der Waals surface area contributed by atoms with Crippen molar-refractivity contribution >= 4 is 16.0 Å². The average molecular weight is 419 g/mol. The van der Waals surface area contributed by atoms with Gasteiger partial charge in [-0.15, -0.1) is 0 Å². The second kappa shape index (κ2) is 8.64. The number of aliphatic imine (C=N–C) groups is 1. The summed E-state index contributed by atoms with van der Waals surface area (Å²) in [4.78, 5) is 7.64. The Balaban J connectivity index is 1.41. The predicted molar refractivity (Wildman–Crippen MR) is 116 cm³/mol. The van der Waals surface area contributed by atoms with Crippen molar-refractivity contribution in [3.05, 3.63) is 29.8 Å². The second-order valence-electron chi connectivity index (χ2n) is 8.80. The number of likely N-dealkylation sites (tertiary alicyclic amines) is 1. The third-order valence-corrected chi connectivity index (χ3v) is 8.69. The number of benzene rings is 1. The van der Waals surface area contributed by atoms with E-state index in [1.54, 1.807) is 16.4 Å². The number of nitrogens with one attached hydrogen (secondary N) is 1. The van der Waals surface area contributed by atoms with Gasteiger partial charge in [0.2, 0.25) is 10.0 Å². The van der Waals surface area contributed by atoms with Crippen LogP contribution in [0.3, 0.4) is 0 Å². The zero-order chi connectivity index (χ0) is 20.3. The molecule has 2 aliphatic heterocycles. The summed E-state index contributed by atoms with van der Waals surface area (Å²) in [7, 11) is -3.36. The minimum atomic E-state index is -3.36. The lowest BCUT2D eigenvalue weighted by Crippen LogP contribution is -2.42. The minimum absolute atomic E-state index is 0.394.